The highest BCUT2D eigenvalue weighted by molar-refractivity contribution is 5.77. The van der Waals surface area contributed by atoms with Gasteiger partial charge in [0, 0.05) is 5.92 Å². The molecule has 2 N–H and O–H groups in total. The Kier molecular flexibility index (Phi) is 3.89. The first kappa shape index (κ1) is 13.2. The minimum Gasteiger partial charge on any atom is -0.481 e. The summed E-state index contributed by atoms with van der Waals surface area (Å²) in [7, 11) is 0. The molecule has 0 aliphatic rings. The van der Waals surface area contributed by atoms with Gasteiger partial charge in [0.05, 0.1) is 11.8 Å². The number of carbonyl (C=O) groups is 2. The highest BCUT2D eigenvalue weighted by Crippen LogP contribution is 2.38. The number of benzene rings is 1. The molecule has 92 valence electrons. The molecule has 0 aromatic heterocycles. The summed E-state index contributed by atoms with van der Waals surface area (Å²) < 4.78 is 0. The van der Waals surface area contributed by atoms with Crippen LogP contribution >= 0.6 is 0 Å². The van der Waals surface area contributed by atoms with E-state index < -0.39 is 23.3 Å². The lowest BCUT2D eigenvalue weighted by atomic mass is 9.73. The second-order valence-corrected chi connectivity index (χ2v) is 4.59. The van der Waals surface area contributed by atoms with Crippen molar-refractivity contribution in [3.8, 4) is 0 Å². The molecule has 1 aromatic rings. The average molecular weight is 236 g/mol. The van der Waals surface area contributed by atoms with Crippen LogP contribution in [-0.2, 0) is 9.59 Å². The van der Waals surface area contributed by atoms with Crippen molar-refractivity contribution < 1.29 is 19.8 Å². The van der Waals surface area contributed by atoms with Crippen LogP contribution in [0, 0.1) is 5.41 Å². The molecule has 0 aliphatic carbocycles. The van der Waals surface area contributed by atoms with Crippen LogP contribution in [0.5, 0.6) is 0 Å². The molecule has 0 saturated carbocycles. The van der Waals surface area contributed by atoms with Gasteiger partial charge in [0.25, 0.3) is 0 Å². The molecule has 1 aromatic carbocycles. The van der Waals surface area contributed by atoms with Gasteiger partial charge in [-0.3, -0.25) is 9.59 Å². The van der Waals surface area contributed by atoms with Crippen LogP contribution < -0.4 is 0 Å². The summed E-state index contributed by atoms with van der Waals surface area (Å²) in [5.74, 6) is -2.53. The molecule has 0 saturated heterocycles. The average Bonchev–Trinajstić information content (AvgIpc) is 2.26. The van der Waals surface area contributed by atoms with Crippen LogP contribution in [0.2, 0.25) is 0 Å². The highest BCUT2D eigenvalue weighted by Gasteiger charge is 2.38. The molecule has 0 amide bonds. The first-order valence-electron chi connectivity index (χ1n) is 5.36. The van der Waals surface area contributed by atoms with E-state index in [4.69, 9.17) is 5.11 Å². The van der Waals surface area contributed by atoms with Gasteiger partial charge in [-0.2, -0.15) is 0 Å². The zero-order chi connectivity index (χ0) is 13.1. The second-order valence-electron chi connectivity index (χ2n) is 4.59. The van der Waals surface area contributed by atoms with E-state index in [1.54, 1.807) is 38.1 Å². The first-order valence-corrected chi connectivity index (χ1v) is 5.36. The van der Waals surface area contributed by atoms with E-state index >= 15 is 0 Å². The summed E-state index contributed by atoms with van der Waals surface area (Å²) >= 11 is 0. The molecule has 0 aliphatic heterocycles. The molecule has 0 bridgehead atoms. The van der Waals surface area contributed by atoms with E-state index in [1.807, 2.05) is 6.07 Å². The second kappa shape index (κ2) is 4.99. The number of hydrogen-bond donors (Lipinski definition) is 2. The number of carboxylic acid groups (broad SMARTS) is 2. The minimum absolute atomic E-state index is 0.191. The summed E-state index contributed by atoms with van der Waals surface area (Å²) in [6.07, 6.45) is -0.191. The van der Waals surface area contributed by atoms with Gasteiger partial charge in [-0.1, -0.05) is 30.3 Å². The van der Waals surface area contributed by atoms with Crippen molar-refractivity contribution in [1.29, 1.82) is 0 Å². The van der Waals surface area contributed by atoms with Crippen molar-refractivity contribution in [3.05, 3.63) is 35.9 Å². The molecule has 4 nitrogen and oxygen atoms in total. The summed E-state index contributed by atoms with van der Waals surface area (Å²) in [5.41, 5.74) is -0.373. The lowest BCUT2D eigenvalue weighted by Gasteiger charge is -2.29. The van der Waals surface area contributed by atoms with Gasteiger partial charge >= 0.3 is 11.9 Å². The van der Waals surface area contributed by atoms with Crippen molar-refractivity contribution in [1.82, 2.24) is 0 Å². The van der Waals surface area contributed by atoms with Crippen LogP contribution in [-0.4, -0.2) is 22.2 Å². The lowest BCUT2D eigenvalue weighted by Crippen LogP contribution is -2.32. The molecule has 0 radical (unpaired) electrons. The zero-order valence-corrected chi connectivity index (χ0v) is 9.88. The normalized spacial score (nSPS) is 13.1. The molecule has 0 heterocycles. The van der Waals surface area contributed by atoms with E-state index in [0.717, 1.165) is 5.56 Å². The van der Waals surface area contributed by atoms with E-state index in [9.17, 15) is 14.7 Å². The van der Waals surface area contributed by atoms with Gasteiger partial charge in [-0.15, -0.1) is 0 Å². The molecular formula is C13H16O4. The highest BCUT2D eigenvalue weighted by atomic mass is 16.4. The van der Waals surface area contributed by atoms with E-state index in [-0.39, 0.29) is 6.42 Å². The molecule has 1 atom stereocenters. The van der Waals surface area contributed by atoms with Crippen molar-refractivity contribution in [3.63, 3.8) is 0 Å². The van der Waals surface area contributed by atoms with Crippen molar-refractivity contribution in [2.45, 2.75) is 26.2 Å². The minimum atomic E-state index is -1.11. The molecule has 0 spiro atoms. The number of rotatable bonds is 5. The summed E-state index contributed by atoms with van der Waals surface area (Å²) in [6.45, 7) is 3.10. The maximum atomic E-state index is 11.2. The summed E-state index contributed by atoms with van der Waals surface area (Å²) in [6, 6.07) is 8.90. The van der Waals surface area contributed by atoms with Gasteiger partial charge in [-0.25, -0.2) is 0 Å². The molecule has 0 unspecified atom stereocenters. The maximum absolute atomic E-state index is 11.2. The topological polar surface area (TPSA) is 74.6 Å². The SMILES string of the molecule is CC(C)(C(=O)O)[C@H](CC(=O)O)c1ccccc1. The van der Waals surface area contributed by atoms with Crippen molar-refractivity contribution in [2.24, 2.45) is 5.41 Å². The Hall–Kier alpha value is -1.84. The van der Waals surface area contributed by atoms with Gasteiger partial charge in [0.2, 0.25) is 0 Å². The third kappa shape index (κ3) is 3.06. The van der Waals surface area contributed by atoms with Gasteiger partial charge < -0.3 is 10.2 Å². The predicted octanol–water partition coefficient (Wildman–Crippen LogP) is 2.36. The van der Waals surface area contributed by atoms with E-state index in [1.165, 1.54) is 0 Å². The Labute approximate surface area is 99.9 Å². The van der Waals surface area contributed by atoms with Gasteiger partial charge in [0.15, 0.2) is 0 Å². The number of carboxylic acids is 2. The summed E-state index contributed by atoms with van der Waals surface area (Å²) in [4.78, 5) is 22.1. The standard InChI is InChI=1S/C13H16O4/c1-13(2,12(16)17)10(8-11(14)15)9-6-4-3-5-7-9/h3-7,10H,8H2,1-2H3,(H,14,15)(H,16,17)/t10-/m1/s1. The molecule has 1 rings (SSSR count). The third-order valence-corrected chi connectivity index (χ3v) is 3.00. The fourth-order valence-corrected chi connectivity index (χ4v) is 1.80. The Morgan fingerprint density at radius 1 is 1.18 bits per heavy atom. The third-order valence-electron chi connectivity index (χ3n) is 3.00. The molecule has 17 heavy (non-hydrogen) atoms. The Bertz CT molecular complexity index is 409. The Morgan fingerprint density at radius 2 is 1.71 bits per heavy atom. The van der Waals surface area contributed by atoms with Gasteiger partial charge in [0.1, 0.15) is 0 Å². The van der Waals surface area contributed by atoms with Crippen molar-refractivity contribution >= 4 is 11.9 Å². The van der Waals surface area contributed by atoms with Crippen LogP contribution in [0.25, 0.3) is 0 Å². The summed E-state index contributed by atoms with van der Waals surface area (Å²) in [5, 5.41) is 18.1. The fourth-order valence-electron chi connectivity index (χ4n) is 1.80. The van der Waals surface area contributed by atoms with Crippen LogP contribution in [0.1, 0.15) is 31.7 Å². The van der Waals surface area contributed by atoms with E-state index in [0.29, 0.717) is 0 Å². The lowest BCUT2D eigenvalue weighted by molar-refractivity contribution is -0.149. The predicted molar refractivity (Wildman–Crippen MR) is 62.9 cm³/mol. The first-order chi connectivity index (χ1) is 7.85. The molecular weight excluding hydrogens is 220 g/mol. The monoisotopic (exact) mass is 236 g/mol. The number of aliphatic carboxylic acids is 2. The zero-order valence-electron chi connectivity index (χ0n) is 9.88. The maximum Gasteiger partial charge on any atom is 0.309 e. The Balaban J connectivity index is 3.13. The quantitative estimate of drug-likeness (QED) is 0.822. The Morgan fingerprint density at radius 3 is 2.12 bits per heavy atom. The smallest absolute Gasteiger partial charge is 0.309 e. The fraction of sp³-hybridized carbons (Fsp3) is 0.385. The van der Waals surface area contributed by atoms with E-state index in [2.05, 4.69) is 0 Å². The number of hydrogen-bond acceptors (Lipinski definition) is 2. The van der Waals surface area contributed by atoms with Crippen LogP contribution in [0.3, 0.4) is 0 Å². The molecule has 4 heteroatoms. The van der Waals surface area contributed by atoms with Gasteiger partial charge in [-0.05, 0) is 19.4 Å². The largest absolute Gasteiger partial charge is 0.481 e. The molecule has 0 fully saturated rings. The van der Waals surface area contributed by atoms with Crippen molar-refractivity contribution in [2.75, 3.05) is 0 Å². The van der Waals surface area contributed by atoms with Crippen LogP contribution in [0.4, 0.5) is 0 Å². The van der Waals surface area contributed by atoms with Crippen LogP contribution in [0.15, 0.2) is 30.3 Å².